The Labute approximate surface area is 207 Å². The predicted octanol–water partition coefficient (Wildman–Crippen LogP) is 1.96. The lowest BCUT2D eigenvalue weighted by Gasteiger charge is -2.37. The zero-order valence-corrected chi connectivity index (χ0v) is 21.2. The van der Waals surface area contributed by atoms with Gasteiger partial charge in [-0.1, -0.05) is 37.0 Å². The van der Waals surface area contributed by atoms with Crippen molar-refractivity contribution in [3.8, 4) is 17.6 Å². The average molecular weight is 501 g/mol. The first-order valence-corrected chi connectivity index (χ1v) is 12.9. The molecule has 8 nitrogen and oxygen atoms in total. The number of carbonyl (C=O) groups excluding carboxylic acids is 1. The summed E-state index contributed by atoms with van der Waals surface area (Å²) in [5, 5.41) is 19.3. The van der Waals surface area contributed by atoms with Crippen LogP contribution >= 0.6 is 0 Å². The van der Waals surface area contributed by atoms with Crippen LogP contribution in [0.25, 0.3) is 0 Å². The normalized spacial score (nSPS) is 21.2. The Morgan fingerprint density at radius 3 is 2.54 bits per heavy atom. The molecule has 0 saturated heterocycles. The van der Waals surface area contributed by atoms with Gasteiger partial charge in [-0.3, -0.25) is 4.79 Å². The molecule has 0 saturated carbocycles. The SMILES string of the molecule is C[C@@H](O)C#Cc1ccc2c(c1)O[C@H](CN(C)C(=O)c1ccccc1)[C@@H](C)CN([C@@H](C)CO)S2(=O)=O. The van der Waals surface area contributed by atoms with E-state index in [0.29, 0.717) is 11.1 Å². The molecule has 4 atom stereocenters. The first kappa shape index (κ1) is 26.7. The molecule has 1 amide bonds. The van der Waals surface area contributed by atoms with Crippen LogP contribution in [0.1, 0.15) is 36.7 Å². The molecule has 0 fully saturated rings. The number of amides is 1. The second-order valence-electron chi connectivity index (χ2n) is 8.90. The molecule has 0 spiro atoms. The van der Waals surface area contributed by atoms with E-state index < -0.39 is 28.3 Å². The minimum atomic E-state index is -3.98. The Morgan fingerprint density at radius 2 is 1.91 bits per heavy atom. The summed E-state index contributed by atoms with van der Waals surface area (Å²) >= 11 is 0. The second-order valence-corrected chi connectivity index (χ2v) is 10.8. The van der Waals surface area contributed by atoms with Crippen LogP contribution in [0.3, 0.4) is 0 Å². The van der Waals surface area contributed by atoms with Gasteiger partial charge >= 0.3 is 0 Å². The molecule has 2 aromatic rings. The zero-order valence-electron chi connectivity index (χ0n) is 20.4. The fraction of sp³-hybridized carbons (Fsp3) is 0.423. The van der Waals surface area contributed by atoms with E-state index in [-0.39, 0.29) is 42.2 Å². The number of likely N-dealkylation sites (N-methyl/N-ethyl adjacent to an activating group) is 1. The van der Waals surface area contributed by atoms with E-state index in [9.17, 15) is 23.4 Å². The Bertz CT molecular complexity index is 1200. The van der Waals surface area contributed by atoms with Crippen LogP contribution in [0.15, 0.2) is 53.4 Å². The van der Waals surface area contributed by atoms with Gasteiger partial charge in [-0.2, -0.15) is 4.31 Å². The number of nitrogens with zero attached hydrogens (tertiary/aromatic N) is 2. The highest BCUT2D eigenvalue weighted by Crippen LogP contribution is 2.34. The summed E-state index contributed by atoms with van der Waals surface area (Å²) in [7, 11) is -2.29. The lowest BCUT2D eigenvalue weighted by molar-refractivity contribution is 0.0563. The zero-order chi connectivity index (χ0) is 25.8. The molecule has 0 unspecified atom stereocenters. The largest absolute Gasteiger partial charge is 0.487 e. The highest BCUT2D eigenvalue weighted by molar-refractivity contribution is 7.89. The van der Waals surface area contributed by atoms with Crippen LogP contribution in [-0.2, 0) is 10.0 Å². The average Bonchev–Trinajstić information content (AvgIpc) is 2.84. The smallest absolute Gasteiger partial charge is 0.253 e. The van der Waals surface area contributed by atoms with E-state index in [4.69, 9.17) is 4.74 Å². The highest BCUT2D eigenvalue weighted by atomic mass is 32.2. The van der Waals surface area contributed by atoms with E-state index >= 15 is 0 Å². The van der Waals surface area contributed by atoms with Gasteiger partial charge in [0, 0.05) is 36.7 Å². The van der Waals surface area contributed by atoms with Crippen molar-refractivity contribution < 1.29 is 28.2 Å². The van der Waals surface area contributed by atoms with Gasteiger partial charge in [-0.25, -0.2) is 8.42 Å². The number of aliphatic hydroxyl groups is 2. The van der Waals surface area contributed by atoms with Crippen LogP contribution in [0, 0.1) is 17.8 Å². The summed E-state index contributed by atoms with van der Waals surface area (Å²) in [5.41, 5.74) is 1.03. The molecule has 0 aromatic heterocycles. The molecule has 2 N–H and O–H groups in total. The minimum Gasteiger partial charge on any atom is -0.487 e. The van der Waals surface area contributed by atoms with Crippen molar-refractivity contribution >= 4 is 15.9 Å². The summed E-state index contributed by atoms with van der Waals surface area (Å²) in [5.74, 6) is 5.11. The van der Waals surface area contributed by atoms with Gasteiger partial charge in [0.25, 0.3) is 5.91 Å². The van der Waals surface area contributed by atoms with Crippen molar-refractivity contribution in [2.45, 2.75) is 43.9 Å². The molecular weight excluding hydrogens is 468 g/mol. The Hall–Kier alpha value is -2.90. The van der Waals surface area contributed by atoms with Crippen molar-refractivity contribution in [1.29, 1.82) is 0 Å². The lowest BCUT2D eigenvalue weighted by Crippen LogP contribution is -2.50. The molecule has 2 aromatic carbocycles. The van der Waals surface area contributed by atoms with Crippen LogP contribution < -0.4 is 4.74 Å². The summed E-state index contributed by atoms with van der Waals surface area (Å²) in [6.45, 7) is 5.05. The van der Waals surface area contributed by atoms with Gasteiger partial charge in [0.15, 0.2) is 0 Å². The topological polar surface area (TPSA) is 107 Å². The maximum absolute atomic E-state index is 13.5. The van der Waals surface area contributed by atoms with Crippen LogP contribution in [0.5, 0.6) is 5.75 Å². The summed E-state index contributed by atoms with van der Waals surface area (Å²) < 4.78 is 34.6. The molecule has 35 heavy (non-hydrogen) atoms. The summed E-state index contributed by atoms with van der Waals surface area (Å²) in [6.07, 6.45) is -1.37. The molecular formula is C26H32N2O6S. The van der Waals surface area contributed by atoms with Crippen molar-refractivity contribution in [2.24, 2.45) is 5.92 Å². The quantitative estimate of drug-likeness (QED) is 0.608. The van der Waals surface area contributed by atoms with E-state index in [1.165, 1.54) is 23.4 Å². The standard InChI is InChI=1S/C26H32N2O6S/c1-18-15-28(19(2)17-29)35(32,33)25-13-12-21(11-10-20(3)30)14-23(25)34-24(18)16-27(4)26(31)22-8-6-5-7-9-22/h5-9,12-14,18-20,24,29-30H,15-17H2,1-4H3/t18-,19-,20+,24+/m0/s1. The number of aliphatic hydroxyl groups excluding tert-OH is 2. The summed E-state index contributed by atoms with van der Waals surface area (Å²) in [6, 6.07) is 12.8. The number of carbonyl (C=O) groups is 1. The monoisotopic (exact) mass is 500 g/mol. The van der Waals surface area contributed by atoms with Gasteiger partial charge in [0.05, 0.1) is 13.2 Å². The van der Waals surface area contributed by atoms with Gasteiger partial charge < -0.3 is 19.8 Å². The molecule has 1 aliphatic rings. The first-order valence-electron chi connectivity index (χ1n) is 11.5. The second kappa shape index (κ2) is 11.2. The predicted molar refractivity (Wildman–Crippen MR) is 132 cm³/mol. The number of hydrogen-bond donors (Lipinski definition) is 2. The van der Waals surface area contributed by atoms with Crippen molar-refractivity contribution in [3.05, 3.63) is 59.7 Å². The van der Waals surface area contributed by atoms with Crippen LogP contribution in [0.2, 0.25) is 0 Å². The van der Waals surface area contributed by atoms with E-state index in [0.717, 1.165) is 0 Å². The van der Waals surface area contributed by atoms with Gasteiger partial charge in [-0.05, 0) is 44.2 Å². The van der Waals surface area contributed by atoms with Crippen molar-refractivity contribution in [2.75, 3.05) is 26.7 Å². The van der Waals surface area contributed by atoms with Crippen LogP contribution in [-0.4, -0.2) is 78.7 Å². The number of ether oxygens (including phenoxy) is 1. The Morgan fingerprint density at radius 1 is 1.23 bits per heavy atom. The Kier molecular flexibility index (Phi) is 8.56. The molecule has 1 aliphatic heterocycles. The van der Waals surface area contributed by atoms with Crippen LogP contribution in [0.4, 0.5) is 0 Å². The molecule has 0 bridgehead atoms. The van der Waals surface area contributed by atoms with Crippen molar-refractivity contribution in [1.82, 2.24) is 9.21 Å². The number of benzene rings is 2. The first-order chi connectivity index (χ1) is 16.5. The third-order valence-corrected chi connectivity index (χ3v) is 7.93. The van der Waals surface area contributed by atoms with E-state index in [2.05, 4.69) is 11.8 Å². The molecule has 0 aliphatic carbocycles. The fourth-order valence-electron chi connectivity index (χ4n) is 3.86. The summed E-state index contributed by atoms with van der Waals surface area (Å²) in [4.78, 5) is 14.5. The number of rotatable bonds is 5. The lowest BCUT2D eigenvalue weighted by atomic mass is 10.0. The maximum Gasteiger partial charge on any atom is 0.253 e. The molecule has 9 heteroatoms. The third-order valence-electron chi connectivity index (χ3n) is 5.91. The van der Waals surface area contributed by atoms with Gasteiger partial charge in [0.1, 0.15) is 22.9 Å². The number of sulfonamides is 1. The molecule has 0 radical (unpaired) electrons. The number of hydrogen-bond acceptors (Lipinski definition) is 6. The molecule has 188 valence electrons. The fourth-order valence-corrected chi connectivity index (χ4v) is 5.69. The maximum atomic E-state index is 13.5. The van der Waals surface area contributed by atoms with Crippen molar-refractivity contribution in [3.63, 3.8) is 0 Å². The highest BCUT2D eigenvalue weighted by Gasteiger charge is 2.38. The van der Waals surface area contributed by atoms with Gasteiger partial charge in [-0.15, -0.1) is 0 Å². The molecule has 1 heterocycles. The third kappa shape index (κ3) is 6.21. The minimum absolute atomic E-state index is 0.0330. The number of fused-ring (bicyclic) bond motifs is 1. The van der Waals surface area contributed by atoms with E-state index in [1.54, 1.807) is 49.2 Å². The van der Waals surface area contributed by atoms with Gasteiger partial charge in [0.2, 0.25) is 10.0 Å². The Balaban J connectivity index is 2.02. The molecule has 3 rings (SSSR count). The van der Waals surface area contributed by atoms with E-state index in [1.807, 2.05) is 13.0 Å².